The maximum atomic E-state index is 12.7. The molecule has 0 aliphatic rings. The van der Waals surface area contributed by atoms with E-state index in [9.17, 15) is 4.79 Å². The first-order valence-electron chi connectivity index (χ1n) is 7.64. The van der Waals surface area contributed by atoms with Crippen molar-refractivity contribution in [3.63, 3.8) is 0 Å². The van der Waals surface area contributed by atoms with Gasteiger partial charge in [-0.05, 0) is 31.5 Å². The van der Waals surface area contributed by atoms with E-state index < -0.39 is 0 Å². The quantitative estimate of drug-likeness (QED) is 0.742. The molecule has 4 nitrogen and oxygen atoms in total. The van der Waals surface area contributed by atoms with Crippen LogP contribution >= 0.6 is 11.6 Å². The molecule has 1 N–H and O–H groups in total. The third-order valence-corrected chi connectivity index (χ3v) is 4.07. The van der Waals surface area contributed by atoms with E-state index in [1.54, 1.807) is 13.0 Å². The van der Waals surface area contributed by atoms with E-state index in [2.05, 4.69) is 10.5 Å². The minimum atomic E-state index is -0.222. The Morgan fingerprint density at radius 2 is 1.92 bits per heavy atom. The number of amides is 1. The summed E-state index contributed by atoms with van der Waals surface area (Å²) in [4.78, 5) is 12.7. The lowest BCUT2D eigenvalue weighted by atomic mass is 10.0. The molecule has 0 radical (unpaired) electrons. The Bertz CT molecular complexity index is 859. The molecule has 0 aliphatic heterocycles. The zero-order valence-electron chi connectivity index (χ0n) is 13.4. The van der Waals surface area contributed by atoms with Crippen LogP contribution in [-0.2, 0) is 0 Å². The standard InChI is InChI=1S/C19H17ClN2O2/c1-12(15-9-6-10-16(20)11-15)21-19(23)17-13(2)24-22-18(17)14-7-4-3-5-8-14/h3-12H,1-2H3,(H,21,23). The van der Waals surface area contributed by atoms with Crippen LogP contribution < -0.4 is 5.32 Å². The van der Waals surface area contributed by atoms with Gasteiger partial charge in [-0.1, -0.05) is 59.2 Å². The number of aryl methyl sites for hydroxylation is 1. The summed E-state index contributed by atoms with van der Waals surface area (Å²) in [6.45, 7) is 3.65. The molecule has 0 saturated heterocycles. The molecule has 3 aromatic rings. The average molecular weight is 341 g/mol. The van der Waals surface area contributed by atoms with Crippen LogP contribution in [0.15, 0.2) is 59.1 Å². The van der Waals surface area contributed by atoms with E-state index in [4.69, 9.17) is 16.1 Å². The number of carbonyl (C=O) groups excluding carboxylic acids is 1. The highest BCUT2D eigenvalue weighted by molar-refractivity contribution is 6.30. The highest BCUT2D eigenvalue weighted by atomic mass is 35.5. The first-order chi connectivity index (χ1) is 11.6. The molecule has 1 amide bonds. The van der Waals surface area contributed by atoms with Crippen LogP contribution in [-0.4, -0.2) is 11.1 Å². The summed E-state index contributed by atoms with van der Waals surface area (Å²) in [5.41, 5.74) is 2.78. The zero-order valence-corrected chi connectivity index (χ0v) is 14.2. The molecular formula is C19H17ClN2O2. The van der Waals surface area contributed by atoms with Crippen molar-refractivity contribution in [2.75, 3.05) is 0 Å². The lowest BCUT2D eigenvalue weighted by molar-refractivity contribution is 0.0939. The molecule has 2 aromatic carbocycles. The smallest absolute Gasteiger partial charge is 0.257 e. The lowest BCUT2D eigenvalue weighted by Gasteiger charge is -2.14. The lowest BCUT2D eigenvalue weighted by Crippen LogP contribution is -2.27. The van der Waals surface area contributed by atoms with Crippen LogP contribution in [0.3, 0.4) is 0 Å². The zero-order chi connectivity index (χ0) is 17.1. The van der Waals surface area contributed by atoms with Gasteiger partial charge in [0.2, 0.25) is 0 Å². The molecule has 5 heteroatoms. The summed E-state index contributed by atoms with van der Waals surface area (Å²) in [6.07, 6.45) is 0. The van der Waals surface area contributed by atoms with Crippen molar-refractivity contribution in [2.45, 2.75) is 19.9 Å². The van der Waals surface area contributed by atoms with Gasteiger partial charge in [-0.25, -0.2) is 0 Å². The van der Waals surface area contributed by atoms with Gasteiger partial charge < -0.3 is 9.84 Å². The van der Waals surface area contributed by atoms with Crippen LogP contribution in [0.25, 0.3) is 11.3 Å². The Morgan fingerprint density at radius 1 is 1.17 bits per heavy atom. The molecule has 0 aliphatic carbocycles. The summed E-state index contributed by atoms with van der Waals surface area (Å²) >= 11 is 6.02. The minimum absolute atomic E-state index is 0.186. The van der Waals surface area contributed by atoms with Crippen molar-refractivity contribution in [3.05, 3.63) is 76.5 Å². The number of rotatable bonds is 4. The molecule has 0 saturated carbocycles. The van der Waals surface area contributed by atoms with E-state index in [-0.39, 0.29) is 11.9 Å². The molecule has 1 aromatic heterocycles. The molecule has 0 spiro atoms. The van der Waals surface area contributed by atoms with Gasteiger partial charge in [0, 0.05) is 10.6 Å². The van der Waals surface area contributed by atoms with E-state index in [0.29, 0.717) is 22.0 Å². The summed E-state index contributed by atoms with van der Waals surface area (Å²) in [5, 5.41) is 7.66. The number of benzene rings is 2. The van der Waals surface area contributed by atoms with Gasteiger partial charge in [0.25, 0.3) is 5.91 Å². The second kappa shape index (κ2) is 6.89. The predicted molar refractivity (Wildman–Crippen MR) is 94.0 cm³/mol. The van der Waals surface area contributed by atoms with Crippen molar-refractivity contribution < 1.29 is 9.32 Å². The maximum Gasteiger partial charge on any atom is 0.257 e. The first kappa shape index (κ1) is 16.3. The summed E-state index contributed by atoms with van der Waals surface area (Å²) in [6, 6.07) is 16.7. The second-order valence-corrected chi connectivity index (χ2v) is 6.01. The maximum absolute atomic E-state index is 12.7. The van der Waals surface area contributed by atoms with Crippen molar-refractivity contribution in [1.82, 2.24) is 10.5 Å². The highest BCUT2D eigenvalue weighted by Crippen LogP contribution is 2.26. The topological polar surface area (TPSA) is 55.1 Å². The Labute approximate surface area is 145 Å². The fourth-order valence-corrected chi connectivity index (χ4v) is 2.76. The summed E-state index contributed by atoms with van der Waals surface area (Å²) in [7, 11) is 0. The number of nitrogens with one attached hydrogen (secondary N) is 1. The number of nitrogens with zero attached hydrogens (tertiary/aromatic N) is 1. The van der Waals surface area contributed by atoms with Crippen LogP contribution in [0, 0.1) is 6.92 Å². The van der Waals surface area contributed by atoms with Crippen molar-refractivity contribution in [3.8, 4) is 11.3 Å². The van der Waals surface area contributed by atoms with Gasteiger partial charge in [0.05, 0.1) is 6.04 Å². The molecular weight excluding hydrogens is 324 g/mol. The summed E-state index contributed by atoms with van der Waals surface area (Å²) < 4.78 is 5.25. The molecule has 1 atom stereocenters. The number of hydrogen-bond donors (Lipinski definition) is 1. The van der Waals surface area contributed by atoms with Crippen molar-refractivity contribution in [1.29, 1.82) is 0 Å². The van der Waals surface area contributed by atoms with E-state index in [0.717, 1.165) is 11.1 Å². The largest absolute Gasteiger partial charge is 0.360 e. The molecule has 1 heterocycles. The van der Waals surface area contributed by atoms with E-state index in [1.165, 1.54) is 0 Å². The SMILES string of the molecule is Cc1onc(-c2ccccc2)c1C(=O)NC(C)c1cccc(Cl)c1. The monoisotopic (exact) mass is 340 g/mol. The average Bonchev–Trinajstić information content (AvgIpc) is 2.97. The van der Waals surface area contributed by atoms with Gasteiger partial charge in [0.15, 0.2) is 0 Å². The molecule has 122 valence electrons. The van der Waals surface area contributed by atoms with Gasteiger partial charge >= 0.3 is 0 Å². The number of aromatic nitrogens is 1. The van der Waals surface area contributed by atoms with Gasteiger partial charge in [-0.15, -0.1) is 0 Å². The van der Waals surface area contributed by atoms with E-state index in [1.807, 2.05) is 55.5 Å². The molecule has 3 rings (SSSR count). The third kappa shape index (κ3) is 3.34. The number of carbonyl (C=O) groups is 1. The van der Waals surface area contributed by atoms with Crippen LogP contribution in [0.2, 0.25) is 5.02 Å². The van der Waals surface area contributed by atoms with E-state index >= 15 is 0 Å². The highest BCUT2D eigenvalue weighted by Gasteiger charge is 2.23. The Morgan fingerprint density at radius 3 is 2.62 bits per heavy atom. The van der Waals surface area contributed by atoms with Gasteiger partial charge in [-0.3, -0.25) is 4.79 Å². The Kier molecular flexibility index (Phi) is 4.67. The molecule has 24 heavy (non-hydrogen) atoms. The fourth-order valence-electron chi connectivity index (χ4n) is 2.56. The van der Waals surface area contributed by atoms with Crippen LogP contribution in [0.1, 0.15) is 34.6 Å². The van der Waals surface area contributed by atoms with Crippen LogP contribution in [0.4, 0.5) is 0 Å². The predicted octanol–water partition coefficient (Wildman–Crippen LogP) is 4.79. The summed E-state index contributed by atoms with van der Waals surface area (Å²) in [5.74, 6) is 0.268. The first-order valence-corrected chi connectivity index (χ1v) is 8.02. The fraction of sp³-hybridized carbons (Fsp3) is 0.158. The van der Waals surface area contributed by atoms with Gasteiger partial charge in [0.1, 0.15) is 17.0 Å². The normalized spacial score (nSPS) is 12.0. The molecule has 1 unspecified atom stereocenters. The van der Waals surface area contributed by atoms with Crippen LogP contribution in [0.5, 0.6) is 0 Å². The Balaban J connectivity index is 1.87. The minimum Gasteiger partial charge on any atom is -0.360 e. The van der Waals surface area contributed by atoms with Crippen molar-refractivity contribution >= 4 is 17.5 Å². The second-order valence-electron chi connectivity index (χ2n) is 5.58. The molecule has 0 bridgehead atoms. The van der Waals surface area contributed by atoms with Gasteiger partial charge in [-0.2, -0.15) is 0 Å². The van der Waals surface area contributed by atoms with Crippen molar-refractivity contribution in [2.24, 2.45) is 0 Å². The molecule has 0 fully saturated rings. The number of halogens is 1. The Hall–Kier alpha value is -2.59. The number of hydrogen-bond acceptors (Lipinski definition) is 3. The third-order valence-electron chi connectivity index (χ3n) is 3.83.